The number of carbonyl (C=O) groups is 2. The van der Waals surface area contributed by atoms with Gasteiger partial charge in [-0.3, -0.25) is 20.4 Å². The number of aryl methyl sites for hydroxylation is 1. The van der Waals surface area contributed by atoms with Crippen LogP contribution in [0.5, 0.6) is 11.5 Å². The fourth-order valence-corrected chi connectivity index (χ4v) is 3.13. The average Bonchev–Trinajstić information content (AvgIpc) is 3.05. The van der Waals surface area contributed by atoms with Crippen LogP contribution in [0.3, 0.4) is 0 Å². The Hall–Kier alpha value is -2.25. The van der Waals surface area contributed by atoms with Crippen LogP contribution in [0.1, 0.15) is 25.1 Å². The van der Waals surface area contributed by atoms with Gasteiger partial charge in [-0.05, 0) is 50.6 Å². The summed E-state index contributed by atoms with van der Waals surface area (Å²) in [6.45, 7) is 4.09. The normalized spacial score (nSPS) is 11.5. The van der Waals surface area contributed by atoms with Crippen LogP contribution in [-0.4, -0.2) is 24.5 Å². The standard InChI is InChI=1S/C18H21ClN2O4S/c1-3-24-14-4-6-15(7-5-14)25-12(2)18(23)21-20-17(22)9-8-16-10-13(19)11-26-16/h4-7,10-12H,3,8-9H2,1-2H3,(H,20,22)(H,21,23). The molecule has 2 N–H and O–H groups in total. The molecule has 1 unspecified atom stereocenters. The van der Waals surface area contributed by atoms with Crippen LogP contribution >= 0.6 is 22.9 Å². The summed E-state index contributed by atoms with van der Waals surface area (Å²) in [7, 11) is 0. The Balaban J connectivity index is 1.71. The molecule has 140 valence electrons. The van der Waals surface area contributed by atoms with Gasteiger partial charge in [0, 0.05) is 16.7 Å². The van der Waals surface area contributed by atoms with E-state index in [-0.39, 0.29) is 12.3 Å². The summed E-state index contributed by atoms with van der Waals surface area (Å²) in [4.78, 5) is 24.8. The summed E-state index contributed by atoms with van der Waals surface area (Å²) in [5.74, 6) is 0.552. The molecule has 1 aromatic carbocycles. The zero-order valence-corrected chi connectivity index (χ0v) is 16.2. The molecule has 0 saturated carbocycles. The van der Waals surface area contributed by atoms with Crippen LogP contribution in [0.15, 0.2) is 35.7 Å². The zero-order chi connectivity index (χ0) is 18.9. The molecule has 0 aliphatic heterocycles. The van der Waals surface area contributed by atoms with Crippen molar-refractivity contribution in [3.05, 3.63) is 45.6 Å². The highest BCUT2D eigenvalue weighted by Gasteiger charge is 2.15. The molecular formula is C18H21ClN2O4S. The first-order chi connectivity index (χ1) is 12.5. The van der Waals surface area contributed by atoms with Crippen molar-refractivity contribution in [1.29, 1.82) is 0 Å². The molecule has 0 aliphatic carbocycles. The molecular weight excluding hydrogens is 376 g/mol. The number of ether oxygens (including phenoxy) is 2. The van der Waals surface area contributed by atoms with Crippen molar-refractivity contribution in [3.8, 4) is 11.5 Å². The fourth-order valence-electron chi connectivity index (χ4n) is 2.06. The zero-order valence-electron chi connectivity index (χ0n) is 14.6. The maximum atomic E-state index is 12.0. The fraction of sp³-hybridized carbons (Fsp3) is 0.333. The summed E-state index contributed by atoms with van der Waals surface area (Å²) in [5, 5.41) is 2.48. The second kappa shape index (κ2) is 10.0. The van der Waals surface area contributed by atoms with Crippen LogP contribution in [0.4, 0.5) is 0 Å². The lowest BCUT2D eigenvalue weighted by Gasteiger charge is -2.15. The molecule has 0 radical (unpaired) electrons. The topological polar surface area (TPSA) is 76.7 Å². The Morgan fingerprint density at radius 2 is 1.88 bits per heavy atom. The molecule has 1 aromatic heterocycles. The molecule has 0 saturated heterocycles. The van der Waals surface area contributed by atoms with E-state index in [2.05, 4.69) is 10.9 Å². The predicted octanol–water partition coefficient (Wildman–Crippen LogP) is 3.35. The lowest BCUT2D eigenvalue weighted by atomic mass is 10.2. The minimum atomic E-state index is -0.760. The molecule has 8 heteroatoms. The van der Waals surface area contributed by atoms with Gasteiger partial charge in [0.05, 0.1) is 11.6 Å². The van der Waals surface area contributed by atoms with E-state index in [1.54, 1.807) is 31.2 Å². The Kier molecular flexibility index (Phi) is 7.74. The molecule has 2 aromatic rings. The SMILES string of the molecule is CCOc1ccc(OC(C)C(=O)NNC(=O)CCc2cc(Cl)cs2)cc1. The van der Waals surface area contributed by atoms with Crippen LogP contribution in [0, 0.1) is 0 Å². The minimum absolute atomic E-state index is 0.255. The molecule has 2 rings (SSSR count). The molecule has 0 spiro atoms. The van der Waals surface area contributed by atoms with Crippen molar-refractivity contribution in [2.24, 2.45) is 0 Å². The number of rotatable bonds is 8. The maximum Gasteiger partial charge on any atom is 0.279 e. The number of hydrogen-bond donors (Lipinski definition) is 2. The third kappa shape index (κ3) is 6.57. The smallest absolute Gasteiger partial charge is 0.279 e. The Morgan fingerprint density at radius 3 is 2.50 bits per heavy atom. The number of carbonyl (C=O) groups excluding carboxylic acids is 2. The number of nitrogens with one attached hydrogen (secondary N) is 2. The van der Waals surface area contributed by atoms with E-state index >= 15 is 0 Å². The molecule has 26 heavy (non-hydrogen) atoms. The molecule has 2 amide bonds. The Morgan fingerprint density at radius 1 is 1.19 bits per heavy atom. The third-order valence-corrected chi connectivity index (χ3v) is 4.71. The summed E-state index contributed by atoms with van der Waals surface area (Å²) in [5.41, 5.74) is 4.75. The van der Waals surface area contributed by atoms with E-state index in [4.69, 9.17) is 21.1 Å². The summed E-state index contributed by atoms with van der Waals surface area (Å²) in [6.07, 6.45) is 0.0621. The van der Waals surface area contributed by atoms with E-state index in [1.807, 2.05) is 18.4 Å². The number of hydrogen-bond acceptors (Lipinski definition) is 5. The molecule has 0 bridgehead atoms. The van der Waals surface area contributed by atoms with Gasteiger partial charge in [-0.15, -0.1) is 11.3 Å². The van der Waals surface area contributed by atoms with Crippen molar-refractivity contribution < 1.29 is 19.1 Å². The van der Waals surface area contributed by atoms with Crippen LogP contribution in [0.25, 0.3) is 0 Å². The van der Waals surface area contributed by atoms with Crippen LogP contribution in [-0.2, 0) is 16.0 Å². The van der Waals surface area contributed by atoms with E-state index < -0.39 is 12.0 Å². The van der Waals surface area contributed by atoms with E-state index in [9.17, 15) is 9.59 Å². The molecule has 0 aliphatic rings. The highest BCUT2D eigenvalue weighted by molar-refractivity contribution is 7.10. The van der Waals surface area contributed by atoms with E-state index in [1.165, 1.54) is 11.3 Å². The number of hydrazine groups is 1. The molecule has 6 nitrogen and oxygen atoms in total. The van der Waals surface area contributed by atoms with Gasteiger partial charge in [0.25, 0.3) is 5.91 Å². The molecule has 0 fully saturated rings. The van der Waals surface area contributed by atoms with Gasteiger partial charge in [-0.1, -0.05) is 11.6 Å². The molecule has 1 heterocycles. The monoisotopic (exact) mass is 396 g/mol. The first-order valence-electron chi connectivity index (χ1n) is 8.19. The van der Waals surface area contributed by atoms with Crippen molar-refractivity contribution in [1.82, 2.24) is 10.9 Å². The van der Waals surface area contributed by atoms with Crippen molar-refractivity contribution >= 4 is 34.8 Å². The minimum Gasteiger partial charge on any atom is -0.494 e. The van der Waals surface area contributed by atoms with E-state index in [0.717, 1.165) is 10.6 Å². The average molecular weight is 397 g/mol. The largest absolute Gasteiger partial charge is 0.494 e. The van der Waals surface area contributed by atoms with Gasteiger partial charge < -0.3 is 9.47 Å². The van der Waals surface area contributed by atoms with Crippen molar-refractivity contribution in [2.45, 2.75) is 32.8 Å². The van der Waals surface area contributed by atoms with Crippen molar-refractivity contribution in [3.63, 3.8) is 0 Å². The van der Waals surface area contributed by atoms with Gasteiger partial charge in [-0.25, -0.2) is 0 Å². The van der Waals surface area contributed by atoms with Crippen LogP contribution < -0.4 is 20.3 Å². The van der Waals surface area contributed by atoms with Gasteiger partial charge in [0.1, 0.15) is 11.5 Å². The number of amides is 2. The number of benzene rings is 1. The maximum absolute atomic E-state index is 12.0. The predicted molar refractivity (Wildman–Crippen MR) is 102 cm³/mol. The summed E-state index contributed by atoms with van der Waals surface area (Å²) < 4.78 is 10.9. The number of halogens is 1. The van der Waals surface area contributed by atoms with E-state index in [0.29, 0.717) is 23.8 Å². The van der Waals surface area contributed by atoms with Gasteiger partial charge in [0.15, 0.2) is 6.10 Å². The first kappa shape index (κ1) is 20.1. The van der Waals surface area contributed by atoms with Crippen molar-refractivity contribution in [2.75, 3.05) is 6.61 Å². The Labute approximate surface area is 161 Å². The third-order valence-electron chi connectivity index (χ3n) is 3.36. The summed E-state index contributed by atoms with van der Waals surface area (Å²) >= 11 is 7.33. The van der Waals surface area contributed by atoms with Gasteiger partial charge in [-0.2, -0.15) is 0 Å². The second-order valence-corrected chi connectivity index (χ2v) is 6.87. The summed E-state index contributed by atoms with van der Waals surface area (Å²) in [6, 6.07) is 8.80. The highest BCUT2D eigenvalue weighted by Crippen LogP contribution is 2.20. The lowest BCUT2D eigenvalue weighted by Crippen LogP contribution is -2.47. The Bertz CT molecular complexity index is 733. The molecule has 1 atom stereocenters. The number of thiophene rings is 1. The van der Waals surface area contributed by atoms with Gasteiger partial charge >= 0.3 is 0 Å². The quantitative estimate of drug-likeness (QED) is 0.671. The van der Waals surface area contributed by atoms with Crippen LogP contribution in [0.2, 0.25) is 5.02 Å². The first-order valence-corrected chi connectivity index (χ1v) is 9.44. The van der Waals surface area contributed by atoms with Gasteiger partial charge in [0.2, 0.25) is 5.91 Å². The highest BCUT2D eigenvalue weighted by atomic mass is 35.5. The second-order valence-electron chi connectivity index (χ2n) is 5.43. The lowest BCUT2D eigenvalue weighted by molar-refractivity contribution is -0.132.